The number of para-hydroxylation sites is 1. The molecule has 0 bridgehead atoms. The molecule has 3 heterocycles. The summed E-state index contributed by atoms with van der Waals surface area (Å²) in [6.45, 7) is 3.42. The Kier molecular flexibility index (Phi) is 5.40. The molecule has 0 amide bonds. The number of anilines is 2. The molecule has 2 aromatic heterocycles. The van der Waals surface area contributed by atoms with Crippen LogP contribution in [0.5, 0.6) is 0 Å². The number of hydrogen-bond donors (Lipinski definition) is 2. The molecule has 7 heteroatoms. The van der Waals surface area contributed by atoms with Crippen LogP contribution < -0.4 is 11.5 Å². The Morgan fingerprint density at radius 1 is 1.10 bits per heavy atom. The first kappa shape index (κ1) is 19.3. The summed E-state index contributed by atoms with van der Waals surface area (Å²) in [5.41, 5.74) is 17.5. The Labute approximate surface area is 171 Å². The predicted octanol–water partition coefficient (Wildman–Crippen LogP) is 3.45. The molecule has 29 heavy (non-hydrogen) atoms. The molecule has 152 valence electrons. The molecule has 0 saturated heterocycles. The Balaban J connectivity index is 0.000000145. The second-order valence-corrected chi connectivity index (χ2v) is 7.56. The fraction of sp³-hybridized carbons (Fsp3) is 0.364. The lowest BCUT2D eigenvalue weighted by molar-refractivity contribution is 0.161. The van der Waals surface area contributed by atoms with Crippen molar-refractivity contribution in [2.45, 2.75) is 32.1 Å². The minimum Gasteiger partial charge on any atom is -0.384 e. The lowest BCUT2D eigenvalue weighted by atomic mass is 9.99. The first-order chi connectivity index (χ1) is 14.0. The molecule has 0 spiro atoms. The summed E-state index contributed by atoms with van der Waals surface area (Å²) >= 11 is 0. The van der Waals surface area contributed by atoms with Gasteiger partial charge in [-0.3, -0.25) is 4.68 Å². The number of rotatable bonds is 3. The number of aryl methyl sites for hydroxylation is 2. The third-order valence-electron chi connectivity index (χ3n) is 5.23. The molecule has 3 aromatic rings. The predicted molar refractivity (Wildman–Crippen MR) is 116 cm³/mol. The molecular formula is C22H28N6O. The van der Waals surface area contributed by atoms with E-state index in [1.54, 1.807) is 9.36 Å². The normalized spacial score (nSPS) is 16.1. The van der Waals surface area contributed by atoms with Gasteiger partial charge in [0.2, 0.25) is 0 Å². The highest BCUT2D eigenvalue weighted by Gasteiger charge is 2.32. The molecule has 5 rings (SSSR count). The summed E-state index contributed by atoms with van der Waals surface area (Å²) in [5, 5.41) is 8.83. The van der Waals surface area contributed by atoms with Crippen LogP contribution in [0.3, 0.4) is 0 Å². The van der Waals surface area contributed by atoms with Gasteiger partial charge in [-0.05, 0) is 43.9 Å². The Hall–Kier alpha value is -3.06. The third-order valence-corrected chi connectivity index (χ3v) is 5.23. The highest BCUT2D eigenvalue weighted by Crippen LogP contribution is 2.44. The van der Waals surface area contributed by atoms with Gasteiger partial charge in [-0.1, -0.05) is 24.3 Å². The Morgan fingerprint density at radius 2 is 1.86 bits per heavy atom. The van der Waals surface area contributed by atoms with Crippen LogP contribution >= 0.6 is 0 Å². The fourth-order valence-corrected chi connectivity index (χ4v) is 3.58. The quantitative estimate of drug-likeness (QED) is 0.712. The summed E-state index contributed by atoms with van der Waals surface area (Å²) < 4.78 is 8.88. The van der Waals surface area contributed by atoms with Gasteiger partial charge in [-0.2, -0.15) is 10.2 Å². The first-order valence-corrected chi connectivity index (χ1v) is 10.0. The minimum absolute atomic E-state index is 0.641. The van der Waals surface area contributed by atoms with Crippen LogP contribution in [-0.4, -0.2) is 32.8 Å². The van der Waals surface area contributed by atoms with Crippen molar-refractivity contribution in [1.29, 1.82) is 0 Å². The van der Waals surface area contributed by atoms with Gasteiger partial charge in [0.25, 0.3) is 0 Å². The van der Waals surface area contributed by atoms with Gasteiger partial charge in [0.05, 0.1) is 30.3 Å². The lowest BCUT2D eigenvalue weighted by Gasteiger charge is -2.14. The van der Waals surface area contributed by atoms with Crippen molar-refractivity contribution in [3.05, 3.63) is 59.4 Å². The number of aromatic nitrogens is 4. The lowest BCUT2D eigenvalue weighted by Crippen LogP contribution is -2.06. The zero-order valence-corrected chi connectivity index (χ0v) is 17.0. The smallest absolute Gasteiger partial charge is 0.129 e. The van der Waals surface area contributed by atoms with E-state index in [9.17, 15) is 0 Å². The van der Waals surface area contributed by atoms with E-state index in [1.807, 2.05) is 50.4 Å². The zero-order chi connectivity index (χ0) is 20.4. The maximum atomic E-state index is 6.12. The van der Waals surface area contributed by atoms with Crippen LogP contribution in [0.25, 0.3) is 11.3 Å². The van der Waals surface area contributed by atoms with Gasteiger partial charge in [0.15, 0.2) is 0 Å². The Morgan fingerprint density at radius 3 is 2.45 bits per heavy atom. The molecule has 0 radical (unpaired) electrons. The van der Waals surface area contributed by atoms with Crippen molar-refractivity contribution in [2.24, 2.45) is 7.05 Å². The maximum Gasteiger partial charge on any atom is 0.129 e. The van der Waals surface area contributed by atoms with Crippen LogP contribution in [0, 0.1) is 6.92 Å². The van der Waals surface area contributed by atoms with Crippen molar-refractivity contribution in [3.8, 4) is 5.69 Å². The van der Waals surface area contributed by atoms with Gasteiger partial charge in [-0.15, -0.1) is 0 Å². The summed E-state index contributed by atoms with van der Waals surface area (Å²) in [4.78, 5) is 0. The van der Waals surface area contributed by atoms with Gasteiger partial charge >= 0.3 is 0 Å². The number of nitrogens with zero attached hydrogens (tertiary/aromatic N) is 4. The van der Waals surface area contributed by atoms with Crippen LogP contribution in [0.4, 0.5) is 11.6 Å². The molecule has 4 N–H and O–H groups in total. The zero-order valence-electron chi connectivity index (χ0n) is 17.0. The maximum absolute atomic E-state index is 6.12. The van der Waals surface area contributed by atoms with Crippen LogP contribution in [0.2, 0.25) is 0 Å². The number of nitrogen functional groups attached to an aromatic ring is 2. The highest BCUT2D eigenvalue weighted by molar-refractivity contribution is 5.76. The molecule has 1 saturated carbocycles. The number of benzene rings is 1. The topological polar surface area (TPSA) is 96.9 Å². The van der Waals surface area contributed by atoms with Crippen molar-refractivity contribution < 1.29 is 4.74 Å². The van der Waals surface area contributed by atoms with E-state index in [-0.39, 0.29) is 0 Å². The molecule has 1 aliphatic carbocycles. The Bertz CT molecular complexity index is 1010. The van der Waals surface area contributed by atoms with Crippen LogP contribution in [0.1, 0.15) is 42.1 Å². The van der Waals surface area contributed by atoms with Crippen LogP contribution in [-0.2, 0) is 11.8 Å². The summed E-state index contributed by atoms with van der Waals surface area (Å²) in [6.07, 6.45) is 5.61. The van der Waals surface area contributed by atoms with Gasteiger partial charge in [0, 0.05) is 24.6 Å². The van der Waals surface area contributed by atoms with Crippen LogP contribution in [0.15, 0.2) is 42.5 Å². The highest BCUT2D eigenvalue weighted by atomic mass is 16.5. The van der Waals surface area contributed by atoms with E-state index < -0.39 is 0 Å². The molecular weight excluding hydrogens is 364 g/mol. The largest absolute Gasteiger partial charge is 0.384 e. The van der Waals surface area contributed by atoms with E-state index in [2.05, 4.69) is 16.3 Å². The average Bonchev–Trinajstić information content (AvgIpc) is 3.47. The molecule has 0 atom stereocenters. The van der Waals surface area contributed by atoms with Gasteiger partial charge < -0.3 is 16.2 Å². The van der Waals surface area contributed by atoms with Gasteiger partial charge in [0.1, 0.15) is 11.6 Å². The number of nitrogens with two attached hydrogens (primary N) is 2. The second-order valence-electron chi connectivity index (χ2n) is 7.56. The minimum atomic E-state index is 0.641. The molecule has 1 aliphatic heterocycles. The third kappa shape index (κ3) is 4.19. The monoisotopic (exact) mass is 392 g/mol. The van der Waals surface area contributed by atoms with Gasteiger partial charge in [-0.25, -0.2) is 4.68 Å². The molecule has 7 nitrogen and oxygen atoms in total. The van der Waals surface area contributed by atoms with E-state index in [0.717, 1.165) is 30.2 Å². The number of ether oxygens (including phenoxy) is 1. The summed E-state index contributed by atoms with van der Waals surface area (Å²) in [5.74, 6) is 2.11. The fourth-order valence-electron chi connectivity index (χ4n) is 3.58. The first-order valence-electron chi connectivity index (χ1n) is 10.0. The van der Waals surface area contributed by atoms with Crippen molar-refractivity contribution in [1.82, 2.24) is 19.6 Å². The molecule has 0 unspecified atom stereocenters. The summed E-state index contributed by atoms with van der Waals surface area (Å²) in [7, 11) is 1.92. The number of hydrogen-bond acceptors (Lipinski definition) is 5. The second kappa shape index (κ2) is 8.13. The van der Waals surface area contributed by atoms with Crippen molar-refractivity contribution in [3.63, 3.8) is 0 Å². The molecule has 2 aliphatic rings. The van der Waals surface area contributed by atoms with E-state index in [0.29, 0.717) is 18.3 Å². The SMILES string of the molecule is Cc1cc(N)n(-c2ccccc2)n1.Cn1nc(C2CC2)c(C2=CCOCC2)c1N. The van der Waals surface area contributed by atoms with E-state index >= 15 is 0 Å². The van der Waals surface area contributed by atoms with E-state index in [1.165, 1.54) is 29.7 Å². The average molecular weight is 393 g/mol. The van der Waals surface area contributed by atoms with Crippen molar-refractivity contribution >= 4 is 17.2 Å². The standard InChI is InChI=1S/C12H17N3O.C10H11N3/c1-15-12(13)10(8-4-6-16-7-5-8)11(14-15)9-2-3-9;1-8-7-10(11)13(12-8)9-5-3-2-4-6-9/h4,9H,2-3,5-7,13H2,1H3;2-7H,11H2,1H3. The van der Waals surface area contributed by atoms with Crippen molar-refractivity contribution in [2.75, 3.05) is 24.7 Å². The summed E-state index contributed by atoms with van der Waals surface area (Å²) in [6, 6.07) is 11.7. The van der Waals surface area contributed by atoms with E-state index in [4.69, 9.17) is 16.2 Å². The molecule has 1 aromatic carbocycles. The molecule has 1 fully saturated rings.